The van der Waals surface area contributed by atoms with E-state index in [9.17, 15) is 0 Å². The highest BCUT2D eigenvalue weighted by Crippen LogP contribution is 2.24. The summed E-state index contributed by atoms with van der Waals surface area (Å²) in [6.07, 6.45) is 5.68. The second kappa shape index (κ2) is 4.89. The van der Waals surface area contributed by atoms with E-state index in [0.717, 1.165) is 5.92 Å². The standard InChI is InChI=1S/C11H18N2S/c1-9(11-7-14-8-13-11)12-6-10-4-2-3-5-10/h7-10,12H,2-6H2,1H3. The van der Waals surface area contributed by atoms with E-state index in [1.165, 1.54) is 37.9 Å². The van der Waals surface area contributed by atoms with Crippen molar-refractivity contribution in [2.45, 2.75) is 38.6 Å². The molecule has 2 rings (SSSR count). The van der Waals surface area contributed by atoms with E-state index in [0.29, 0.717) is 6.04 Å². The molecule has 0 saturated heterocycles. The first kappa shape index (κ1) is 10.1. The minimum absolute atomic E-state index is 0.418. The molecule has 1 N–H and O–H groups in total. The molecule has 0 aliphatic heterocycles. The molecule has 0 amide bonds. The molecular formula is C11H18N2S. The molecule has 0 spiro atoms. The van der Waals surface area contributed by atoms with E-state index < -0.39 is 0 Å². The summed E-state index contributed by atoms with van der Waals surface area (Å²) in [6, 6.07) is 0.418. The summed E-state index contributed by atoms with van der Waals surface area (Å²) >= 11 is 1.67. The molecule has 0 bridgehead atoms. The predicted molar refractivity (Wildman–Crippen MR) is 60.5 cm³/mol. The maximum atomic E-state index is 4.32. The van der Waals surface area contributed by atoms with Crippen LogP contribution < -0.4 is 5.32 Å². The van der Waals surface area contributed by atoms with Gasteiger partial charge in [-0.2, -0.15) is 0 Å². The van der Waals surface area contributed by atoms with Gasteiger partial charge in [-0.05, 0) is 32.2 Å². The van der Waals surface area contributed by atoms with Crippen LogP contribution in [0.5, 0.6) is 0 Å². The number of thiazole rings is 1. The Hall–Kier alpha value is -0.410. The smallest absolute Gasteiger partial charge is 0.0795 e. The minimum Gasteiger partial charge on any atom is -0.309 e. The van der Waals surface area contributed by atoms with Gasteiger partial charge in [-0.1, -0.05) is 12.8 Å². The van der Waals surface area contributed by atoms with Crippen molar-refractivity contribution in [2.24, 2.45) is 5.92 Å². The van der Waals surface area contributed by atoms with Crippen LogP contribution in [0.25, 0.3) is 0 Å². The molecule has 14 heavy (non-hydrogen) atoms. The molecule has 1 aromatic heterocycles. The number of rotatable bonds is 4. The number of nitrogens with one attached hydrogen (secondary N) is 1. The molecule has 1 aliphatic carbocycles. The fourth-order valence-corrected chi connectivity index (χ4v) is 2.75. The Morgan fingerprint density at radius 2 is 2.36 bits per heavy atom. The Labute approximate surface area is 89.8 Å². The van der Waals surface area contributed by atoms with Gasteiger partial charge < -0.3 is 5.32 Å². The molecule has 0 aromatic carbocycles. The summed E-state index contributed by atoms with van der Waals surface area (Å²) in [5.74, 6) is 0.913. The maximum absolute atomic E-state index is 4.32. The number of aromatic nitrogens is 1. The van der Waals surface area contributed by atoms with Crippen molar-refractivity contribution in [3.05, 3.63) is 16.6 Å². The second-order valence-corrected chi connectivity index (χ2v) is 4.91. The van der Waals surface area contributed by atoms with Crippen molar-refractivity contribution in [3.8, 4) is 0 Å². The Kier molecular flexibility index (Phi) is 3.54. The highest BCUT2D eigenvalue weighted by atomic mass is 32.1. The average molecular weight is 210 g/mol. The van der Waals surface area contributed by atoms with Crippen LogP contribution in [0.1, 0.15) is 44.3 Å². The van der Waals surface area contributed by atoms with Crippen LogP contribution in [0.15, 0.2) is 10.9 Å². The zero-order chi connectivity index (χ0) is 9.80. The number of hydrogen-bond acceptors (Lipinski definition) is 3. The third kappa shape index (κ3) is 2.55. The number of hydrogen-bond donors (Lipinski definition) is 1. The molecule has 1 saturated carbocycles. The normalized spacial score (nSPS) is 20.1. The van der Waals surface area contributed by atoms with E-state index in [1.807, 2.05) is 5.51 Å². The third-order valence-electron chi connectivity index (χ3n) is 3.08. The van der Waals surface area contributed by atoms with E-state index in [2.05, 4.69) is 22.6 Å². The largest absolute Gasteiger partial charge is 0.309 e. The average Bonchev–Trinajstić information content (AvgIpc) is 2.87. The SMILES string of the molecule is CC(NCC1CCCC1)c1cscn1. The zero-order valence-corrected chi connectivity index (χ0v) is 9.52. The van der Waals surface area contributed by atoms with Crippen LogP contribution in [0.4, 0.5) is 0 Å². The first-order chi connectivity index (χ1) is 6.86. The molecule has 3 heteroatoms. The molecule has 78 valence electrons. The monoisotopic (exact) mass is 210 g/mol. The molecule has 2 nitrogen and oxygen atoms in total. The van der Waals surface area contributed by atoms with Crippen molar-refractivity contribution in [1.82, 2.24) is 10.3 Å². The fourth-order valence-electron chi connectivity index (χ4n) is 2.10. The van der Waals surface area contributed by atoms with Crippen LogP contribution in [-0.4, -0.2) is 11.5 Å². The van der Waals surface area contributed by atoms with Crippen molar-refractivity contribution in [3.63, 3.8) is 0 Å². The summed E-state index contributed by atoms with van der Waals surface area (Å²) in [5.41, 5.74) is 3.09. The molecule has 1 aliphatic rings. The van der Waals surface area contributed by atoms with Gasteiger partial charge in [0.1, 0.15) is 0 Å². The van der Waals surface area contributed by atoms with Crippen molar-refractivity contribution in [2.75, 3.05) is 6.54 Å². The van der Waals surface area contributed by atoms with Crippen molar-refractivity contribution in [1.29, 1.82) is 0 Å². The van der Waals surface area contributed by atoms with E-state index in [-0.39, 0.29) is 0 Å². The van der Waals surface area contributed by atoms with Gasteiger partial charge in [0.15, 0.2) is 0 Å². The van der Waals surface area contributed by atoms with Crippen LogP contribution in [-0.2, 0) is 0 Å². The molecule has 1 heterocycles. The third-order valence-corrected chi connectivity index (χ3v) is 3.69. The molecule has 0 radical (unpaired) electrons. The topological polar surface area (TPSA) is 24.9 Å². The van der Waals surface area contributed by atoms with Gasteiger partial charge >= 0.3 is 0 Å². The maximum Gasteiger partial charge on any atom is 0.0795 e. The van der Waals surface area contributed by atoms with Gasteiger partial charge in [0.25, 0.3) is 0 Å². The van der Waals surface area contributed by atoms with Crippen LogP contribution in [0.3, 0.4) is 0 Å². The summed E-state index contributed by atoms with van der Waals surface area (Å²) < 4.78 is 0. The summed E-state index contributed by atoms with van der Waals surface area (Å²) in [4.78, 5) is 4.32. The molecule has 1 fully saturated rings. The van der Waals surface area contributed by atoms with Gasteiger partial charge in [0, 0.05) is 11.4 Å². The van der Waals surface area contributed by atoms with E-state index in [1.54, 1.807) is 11.3 Å². The number of nitrogens with zero attached hydrogens (tertiary/aromatic N) is 1. The second-order valence-electron chi connectivity index (χ2n) is 4.19. The first-order valence-corrected chi connectivity index (χ1v) is 6.42. The zero-order valence-electron chi connectivity index (χ0n) is 8.70. The summed E-state index contributed by atoms with van der Waals surface area (Å²) in [6.45, 7) is 3.36. The lowest BCUT2D eigenvalue weighted by Crippen LogP contribution is -2.24. The van der Waals surface area contributed by atoms with Crippen molar-refractivity contribution < 1.29 is 0 Å². The van der Waals surface area contributed by atoms with Gasteiger partial charge in [-0.15, -0.1) is 11.3 Å². The van der Waals surface area contributed by atoms with E-state index >= 15 is 0 Å². The van der Waals surface area contributed by atoms with Gasteiger partial charge in [0.05, 0.1) is 11.2 Å². The van der Waals surface area contributed by atoms with Crippen molar-refractivity contribution >= 4 is 11.3 Å². The molecule has 1 aromatic rings. The minimum atomic E-state index is 0.418. The Morgan fingerprint density at radius 1 is 1.57 bits per heavy atom. The molecular weight excluding hydrogens is 192 g/mol. The summed E-state index contributed by atoms with van der Waals surface area (Å²) in [5, 5.41) is 5.70. The summed E-state index contributed by atoms with van der Waals surface area (Å²) in [7, 11) is 0. The Bertz CT molecular complexity index is 252. The molecule has 1 unspecified atom stereocenters. The lowest BCUT2D eigenvalue weighted by molar-refractivity contribution is 0.449. The van der Waals surface area contributed by atoms with Crippen LogP contribution >= 0.6 is 11.3 Å². The highest BCUT2D eigenvalue weighted by Gasteiger charge is 2.16. The fraction of sp³-hybridized carbons (Fsp3) is 0.727. The Balaban J connectivity index is 1.74. The van der Waals surface area contributed by atoms with Crippen LogP contribution in [0, 0.1) is 5.92 Å². The predicted octanol–water partition coefficient (Wildman–Crippen LogP) is 2.98. The lowest BCUT2D eigenvalue weighted by atomic mass is 10.1. The lowest BCUT2D eigenvalue weighted by Gasteiger charge is -2.15. The quantitative estimate of drug-likeness (QED) is 0.826. The van der Waals surface area contributed by atoms with Gasteiger partial charge in [-0.25, -0.2) is 4.98 Å². The molecule has 1 atom stereocenters. The van der Waals surface area contributed by atoms with Crippen LogP contribution in [0.2, 0.25) is 0 Å². The van der Waals surface area contributed by atoms with Gasteiger partial charge in [0.2, 0.25) is 0 Å². The highest BCUT2D eigenvalue weighted by molar-refractivity contribution is 7.07. The first-order valence-electron chi connectivity index (χ1n) is 5.47. The van der Waals surface area contributed by atoms with Gasteiger partial charge in [-0.3, -0.25) is 0 Å². The van der Waals surface area contributed by atoms with E-state index in [4.69, 9.17) is 0 Å². The Morgan fingerprint density at radius 3 is 3.00 bits per heavy atom.